The van der Waals surface area contributed by atoms with Gasteiger partial charge in [0, 0.05) is 18.2 Å². The molecule has 0 saturated carbocycles. The van der Waals surface area contributed by atoms with Crippen molar-refractivity contribution in [3.8, 4) is 11.5 Å². The number of methoxy groups -OCH3 is 2. The van der Waals surface area contributed by atoms with Crippen molar-refractivity contribution in [2.24, 2.45) is 5.73 Å². The number of carbonyl (C=O) groups excluding carboxylic acids is 1. The number of nitrogens with one attached hydrogen (secondary N) is 1. The molecule has 0 heterocycles. The third-order valence-electron chi connectivity index (χ3n) is 2.92. The van der Waals surface area contributed by atoms with Gasteiger partial charge in [0.2, 0.25) is 5.91 Å². The molecule has 3 N–H and O–H groups in total. The van der Waals surface area contributed by atoms with Crippen LogP contribution in [0.4, 0.5) is 0 Å². The van der Waals surface area contributed by atoms with Crippen LogP contribution in [0.25, 0.3) is 0 Å². The number of hydrogen-bond acceptors (Lipinski definition) is 5. The average Bonchev–Trinajstić information content (AvgIpc) is 2.49. The van der Waals surface area contributed by atoms with Gasteiger partial charge in [0.25, 0.3) is 0 Å². The molecule has 0 aliphatic carbocycles. The molecular formula is C14H22N2O3S. The molecule has 6 heteroatoms. The lowest BCUT2D eigenvalue weighted by Gasteiger charge is -2.14. The van der Waals surface area contributed by atoms with Crippen molar-refractivity contribution in [2.45, 2.75) is 19.0 Å². The summed E-state index contributed by atoms with van der Waals surface area (Å²) in [5.74, 6) is 2.13. The summed E-state index contributed by atoms with van der Waals surface area (Å²) in [6.07, 6.45) is 2.67. The van der Waals surface area contributed by atoms with Gasteiger partial charge in [-0.1, -0.05) is 0 Å². The number of carbonyl (C=O) groups is 1. The second-order valence-electron chi connectivity index (χ2n) is 4.28. The van der Waals surface area contributed by atoms with E-state index >= 15 is 0 Å². The minimum atomic E-state index is -0.466. The molecule has 0 saturated heterocycles. The van der Waals surface area contributed by atoms with Crippen molar-refractivity contribution in [3.05, 3.63) is 23.8 Å². The smallest absolute Gasteiger partial charge is 0.237 e. The van der Waals surface area contributed by atoms with Crippen molar-refractivity contribution in [3.63, 3.8) is 0 Å². The zero-order valence-electron chi connectivity index (χ0n) is 12.1. The average molecular weight is 298 g/mol. The van der Waals surface area contributed by atoms with Crippen LogP contribution in [0, 0.1) is 0 Å². The molecule has 0 fully saturated rings. The highest BCUT2D eigenvalue weighted by molar-refractivity contribution is 7.98. The second kappa shape index (κ2) is 8.71. The van der Waals surface area contributed by atoms with Crippen LogP contribution in [0.3, 0.4) is 0 Å². The number of rotatable bonds is 8. The molecule has 1 rings (SSSR count). The number of benzene rings is 1. The van der Waals surface area contributed by atoms with E-state index in [1.165, 1.54) is 0 Å². The number of ether oxygens (including phenoxy) is 2. The molecule has 1 aromatic carbocycles. The third kappa shape index (κ3) is 4.94. The predicted molar refractivity (Wildman–Crippen MR) is 82.4 cm³/mol. The Labute approximate surface area is 124 Å². The lowest BCUT2D eigenvalue weighted by Crippen LogP contribution is -2.40. The van der Waals surface area contributed by atoms with Gasteiger partial charge in [0.15, 0.2) is 0 Å². The Morgan fingerprint density at radius 3 is 2.75 bits per heavy atom. The summed E-state index contributed by atoms with van der Waals surface area (Å²) in [7, 11) is 3.19. The van der Waals surface area contributed by atoms with Crippen molar-refractivity contribution < 1.29 is 14.3 Å². The van der Waals surface area contributed by atoms with E-state index in [9.17, 15) is 4.79 Å². The summed E-state index contributed by atoms with van der Waals surface area (Å²) < 4.78 is 10.4. The minimum Gasteiger partial charge on any atom is -0.497 e. The van der Waals surface area contributed by atoms with Gasteiger partial charge in [-0.3, -0.25) is 4.79 Å². The fraction of sp³-hybridized carbons (Fsp3) is 0.500. The zero-order valence-corrected chi connectivity index (χ0v) is 13.0. The number of amides is 1. The fourth-order valence-electron chi connectivity index (χ4n) is 1.69. The summed E-state index contributed by atoms with van der Waals surface area (Å²) in [4.78, 5) is 11.8. The first-order valence-electron chi connectivity index (χ1n) is 6.35. The molecule has 0 aliphatic rings. The lowest BCUT2D eigenvalue weighted by atomic mass is 10.1. The Morgan fingerprint density at radius 2 is 2.15 bits per heavy atom. The van der Waals surface area contributed by atoms with E-state index < -0.39 is 6.04 Å². The summed E-state index contributed by atoms with van der Waals surface area (Å²) >= 11 is 1.68. The predicted octanol–water partition coefficient (Wildman–Crippen LogP) is 1.40. The van der Waals surface area contributed by atoms with Gasteiger partial charge in [-0.05, 0) is 30.6 Å². The molecule has 0 bridgehead atoms. The number of hydrogen-bond donors (Lipinski definition) is 2. The third-order valence-corrected chi connectivity index (χ3v) is 3.56. The standard InChI is InChI=1S/C14H22N2O3S/c1-18-11-5-4-10(13(8-11)19-2)9-16-14(17)12(15)6-7-20-3/h4-5,8,12H,6-7,9,15H2,1-3H3,(H,16,17)/t12-/m0/s1. The summed E-state index contributed by atoms with van der Waals surface area (Å²) in [5, 5.41) is 2.83. The molecule has 112 valence electrons. The summed E-state index contributed by atoms with van der Waals surface area (Å²) in [6.45, 7) is 0.388. The molecule has 0 spiro atoms. The van der Waals surface area contributed by atoms with E-state index in [1.54, 1.807) is 32.0 Å². The second-order valence-corrected chi connectivity index (χ2v) is 5.27. The molecule has 0 aliphatic heterocycles. The quantitative estimate of drug-likeness (QED) is 0.759. The molecule has 5 nitrogen and oxygen atoms in total. The van der Waals surface area contributed by atoms with Gasteiger partial charge in [-0.25, -0.2) is 0 Å². The van der Waals surface area contributed by atoms with Gasteiger partial charge in [0.1, 0.15) is 11.5 Å². The first-order chi connectivity index (χ1) is 9.62. The van der Waals surface area contributed by atoms with Crippen LogP contribution >= 0.6 is 11.8 Å². The van der Waals surface area contributed by atoms with E-state index in [1.807, 2.05) is 18.4 Å². The Kier molecular flexibility index (Phi) is 7.25. The van der Waals surface area contributed by atoms with Crippen LogP contribution in [0.2, 0.25) is 0 Å². The van der Waals surface area contributed by atoms with Gasteiger partial charge < -0.3 is 20.5 Å². The fourth-order valence-corrected chi connectivity index (χ4v) is 2.18. The lowest BCUT2D eigenvalue weighted by molar-refractivity contribution is -0.122. The molecule has 20 heavy (non-hydrogen) atoms. The summed E-state index contributed by atoms with van der Waals surface area (Å²) in [5.41, 5.74) is 6.69. The molecule has 1 atom stereocenters. The van der Waals surface area contributed by atoms with Gasteiger partial charge in [-0.15, -0.1) is 0 Å². The Bertz CT molecular complexity index is 440. The highest BCUT2D eigenvalue weighted by Gasteiger charge is 2.13. The SMILES string of the molecule is COc1ccc(CNC(=O)[C@@H](N)CCSC)c(OC)c1. The molecular weight excluding hydrogens is 276 g/mol. The maximum atomic E-state index is 11.8. The van der Waals surface area contributed by atoms with E-state index in [4.69, 9.17) is 15.2 Å². The van der Waals surface area contributed by atoms with Crippen LogP contribution in [0.15, 0.2) is 18.2 Å². The highest BCUT2D eigenvalue weighted by Crippen LogP contribution is 2.24. The Hall–Kier alpha value is -1.40. The largest absolute Gasteiger partial charge is 0.497 e. The molecule has 0 aromatic heterocycles. The van der Waals surface area contributed by atoms with Crippen LogP contribution in [0.1, 0.15) is 12.0 Å². The zero-order chi connectivity index (χ0) is 15.0. The van der Waals surface area contributed by atoms with Gasteiger partial charge in [-0.2, -0.15) is 11.8 Å². The monoisotopic (exact) mass is 298 g/mol. The Balaban J connectivity index is 2.58. The van der Waals surface area contributed by atoms with Crippen molar-refractivity contribution >= 4 is 17.7 Å². The van der Waals surface area contributed by atoms with E-state index in [0.29, 0.717) is 24.5 Å². The Morgan fingerprint density at radius 1 is 1.40 bits per heavy atom. The topological polar surface area (TPSA) is 73.6 Å². The van der Waals surface area contributed by atoms with E-state index in [2.05, 4.69) is 5.32 Å². The maximum Gasteiger partial charge on any atom is 0.237 e. The van der Waals surface area contributed by atoms with Crippen molar-refractivity contribution in [1.82, 2.24) is 5.32 Å². The first kappa shape index (κ1) is 16.7. The first-order valence-corrected chi connectivity index (χ1v) is 7.75. The van der Waals surface area contributed by atoms with Gasteiger partial charge >= 0.3 is 0 Å². The van der Waals surface area contributed by atoms with Crippen molar-refractivity contribution in [2.75, 3.05) is 26.2 Å². The molecule has 1 amide bonds. The molecule has 0 unspecified atom stereocenters. The number of thioether (sulfide) groups is 1. The van der Waals surface area contributed by atoms with Crippen LogP contribution in [-0.2, 0) is 11.3 Å². The molecule has 1 aromatic rings. The maximum absolute atomic E-state index is 11.8. The van der Waals surface area contributed by atoms with Gasteiger partial charge in [0.05, 0.1) is 20.3 Å². The number of nitrogens with two attached hydrogens (primary N) is 1. The normalized spacial score (nSPS) is 11.8. The van der Waals surface area contributed by atoms with Crippen LogP contribution in [0.5, 0.6) is 11.5 Å². The minimum absolute atomic E-state index is 0.142. The van der Waals surface area contributed by atoms with Crippen LogP contribution < -0.4 is 20.5 Å². The van der Waals surface area contributed by atoms with Crippen LogP contribution in [-0.4, -0.2) is 38.2 Å². The highest BCUT2D eigenvalue weighted by atomic mass is 32.2. The van der Waals surface area contributed by atoms with Crippen molar-refractivity contribution in [1.29, 1.82) is 0 Å². The van der Waals surface area contributed by atoms with E-state index in [0.717, 1.165) is 11.3 Å². The van der Waals surface area contributed by atoms with E-state index in [-0.39, 0.29) is 5.91 Å². The summed E-state index contributed by atoms with van der Waals surface area (Å²) in [6, 6.07) is 5.02. The molecule has 0 radical (unpaired) electrons.